The van der Waals surface area contributed by atoms with E-state index < -0.39 is 6.10 Å². The lowest BCUT2D eigenvalue weighted by Gasteiger charge is -2.13. The lowest BCUT2D eigenvalue weighted by Crippen LogP contribution is -2.30. The lowest BCUT2D eigenvalue weighted by atomic mass is 10.2. The van der Waals surface area contributed by atoms with Crippen molar-refractivity contribution in [3.05, 3.63) is 65.5 Å². The van der Waals surface area contributed by atoms with Crippen molar-refractivity contribution < 1.29 is 9.53 Å². The van der Waals surface area contributed by atoms with Gasteiger partial charge in [0.15, 0.2) is 11.2 Å². The van der Waals surface area contributed by atoms with Crippen molar-refractivity contribution in [2.45, 2.75) is 20.0 Å². The third-order valence-electron chi connectivity index (χ3n) is 3.51. The van der Waals surface area contributed by atoms with Crippen LogP contribution in [0.15, 0.2) is 60.0 Å². The second-order valence-corrected chi connectivity index (χ2v) is 6.32. The highest BCUT2D eigenvalue weighted by Gasteiger charge is 2.16. The van der Waals surface area contributed by atoms with E-state index >= 15 is 0 Å². The van der Waals surface area contributed by atoms with E-state index in [1.807, 2.05) is 66.9 Å². The Labute approximate surface area is 145 Å². The molecule has 0 aliphatic carbocycles. The molecule has 1 unspecified atom stereocenters. The zero-order valence-corrected chi connectivity index (χ0v) is 14.3. The smallest absolute Gasteiger partial charge is 0.266 e. The second-order valence-electron chi connectivity index (χ2n) is 5.47. The molecule has 0 saturated heterocycles. The Morgan fingerprint density at radius 1 is 1.12 bits per heavy atom. The summed E-state index contributed by atoms with van der Waals surface area (Å²) in [5.41, 5.74) is 3.02. The van der Waals surface area contributed by atoms with Gasteiger partial charge in [0.1, 0.15) is 5.75 Å². The number of nitrogens with zero attached hydrogens (tertiary/aromatic N) is 1. The number of rotatable bonds is 5. The number of benzene rings is 2. The fraction of sp³-hybridized carbons (Fsp3) is 0.158. The van der Waals surface area contributed by atoms with Crippen LogP contribution in [0.2, 0.25) is 0 Å². The molecule has 24 heavy (non-hydrogen) atoms. The molecule has 1 atom stereocenters. The number of aryl methyl sites for hydroxylation is 1. The molecule has 1 N–H and O–H groups in total. The molecule has 0 aliphatic heterocycles. The molecule has 122 valence electrons. The minimum absolute atomic E-state index is 0.218. The topological polar surface area (TPSA) is 51.2 Å². The molecule has 0 bridgehead atoms. The highest BCUT2D eigenvalue weighted by Crippen LogP contribution is 2.24. The van der Waals surface area contributed by atoms with E-state index in [4.69, 9.17) is 4.74 Å². The van der Waals surface area contributed by atoms with Gasteiger partial charge >= 0.3 is 0 Å². The number of carbonyl (C=O) groups excluding carboxylic acids is 1. The molecule has 4 nitrogen and oxygen atoms in total. The number of hydrogen-bond donors (Lipinski definition) is 1. The number of carbonyl (C=O) groups is 1. The van der Waals surface area contributed by atoms with Gasteiger partial charge in [-0.15, -0.1) is 11.3 Å². The van der Waals surface area contributed by atoms with Gasteiger partial charge in [0, 0.05) is 10.9 Å². The summed E-state index contributed by atoms with van der Waals surface area (Å²) in [5, 5.41) is 5.30. The fourth-order valence-corrected chi connectivity index (χ4v) is 2.88. The molecule has 0 fully saturated rings. The zero-order chi connectivity index (χ0) is 16.9. The van der Waals surface area contributed by atoms with Crippen LogP contribution in [0.4, 0.5) is 5.13 Å². The molecule has 1 heterocycles. The second kappa shape index (κ2) is 7.27. The third kappa shape index (κ3) is 4.00. The van der Waals surface area contributed by atoms with Gasteiger partial charge in [-0.3, -0.25) is 10.1 Å². The van der Waals surface area contributed by atoms with Gasteiger partial charge in [0.05, 0.1) is 5.69 Å². The van der Waals surface area contributed by atoms with Gasteiger partial charge < -0.3 is 4.74 Å². The highest BCUT2D eigenvalue weighted by molar-refractivity contribution is 7.14. The zero-order valence-electron chi connectivity index (χ0n) is 13.5. The van der Waals surface area contributed by atoms with Crippen LogP contribution >= 0.6 is 11.3 Å². The van der Waals surface area contributed by atoms with Crippen LogP contribution in [-0.2, 0) is 4.79 Å². The van der Waals surface area contributed by atoms with Gasteiger partial charge in [0.25, 0.3) is 5.91 Å². The van der Waals surface area contributed by atoms with Gasteiger partial charge in [0.2, 0.25) is 0 Å². The summed E-state index contributed by atoms with van der Waals surface area (Å²) in [6.07, 6.45) is -0.600. The summed E-state index contributed by atoms with van der Waals surface area (Å²) in [7, 11) is 0. The average Bonchev–Trinajstić information content (AvgIpc) is 3.06. The fourth-order valence-electron chi connectivity index (χ4n) is 2.15. The number of ether oxygens (including phenoxy) is 1. The number of anilines is 1. The van der Waals surface area contributed by atoms with Crippen molar-refractivity contribution in [1.82, 2.24) is 4.98 Å². The molecule has 2 aromatic carbocycles. The first-order valence-corrected chi connectivity index (χ1v) is 8.55. The molecule has 0 spiro atoms. The van der Waals surface area contributed by atoms with E-state index in [1.54, 1.807) is 6.92 Å². The number of aromatic nitrogens is 1. The van der Waals surface area contributed by atoms with Crippen LogP contribution < -0.4 is 10.1 Å². The van der Waals surface area contributed by atoms with E-state index in [-0.39, 0.29) is 5.91 Å². The summed E-state index contributed by atoms with van der Waals surface area (Å²) in [5.74, 6) is 0.455. The molecular weight excluding hydrogens is 320 g/mol. The number of hydrogen-bond acceptors (Lipinski definition) is 4. The van der Waals surface area contributed by atoms with Crippen molar-refractivity contribution in [2.75, 3.05) is 5.32 Å². The van der Waals surface area contributed by atoms with Gasteiger partial charge in [-0.2, -0.15) is 0 Å². The average molecular weight is 338 g/mol. The molecule has 5 heteroatoms. The summed E-state index contributed by atoms with van der Waals surface area (Å²) in [4.78, 5) is 16.7. The Hall–Kier alpha value is -2.66. The normalized spacial score (nSPS) is 11.8. The van der Waals surface area contributed by atoms with Gasteiger partial charge in [-0.05, 0) is 26.0 Å². The quantitative estimate of drug-likeness (QED) is 0.744. The predicted octanol–water partition coefficient (Wildman–Crippen LogP) is 4.52. The number of nitrogens with one attached hydrogen (secondary N) is 1. The molecule has 0 radical (unpaired) electrons. The van der Waals surface area contributed by atoms with Crippen molar-refractivity contribution in [1.29, 1.82) is 0 Å². The molecule has 0 saturated carbocycles. The Kier molecular flexibility index (Phi) is 4.91. The first-order valence-electron chi connectivity index (χ1n) is 7.67. The summed E-state index contributed by atoms with van der Waals surface area (Å²) in [6, 6.07) is 17.5. The molecule has 1 aromatic heterocycles. The Bertz CT molecular complexity index is 813. The van der Waals surface area contributed by atoms with E-state index in [1.165, 1.54) is 11.3 Å². The molecule has 1 amide bonds. The third-order valence-corrected chi connectivity index (χ3v) is 4.26. The summed E-state index contributed by atoms with van der Waals surface area (Å²) < 4.78 is 5.66. The van der Waals surface area contributed by atoms with E-state index in [0.717, 1.165) is 16.8 Å². The van der Waals surface area contributed by atoms with Crippen LogP contribution in [0, 0.1) is 6.92 Å². The largest absolute Gasteiger partial charge is 0.481 e. The van der Waals surface area contributed by atoms with Crippen molar-refractivity contribution >= 4 is 22.4 Å². The van der Waals surface area contributed by atoms with Crippen LogP contribution in [0.3, 0.4) is 0 Å². The van der Waals surface area contributed by atoms with Crippen LogP contribution in [0.5, 0.6) is 5.75 Å². The highest BCUT2D eigenvalue weighted by atomic mass is 32.1. The first-order chi connectivity index (χ1) is 11.6. The first kappa shape index (κ1) is 16.2. The predicted molar refractivity (Wildman–Crippen MR) is 97.4 cm³/mol. The van der Waals surface area contributed by atoms with Crippen LogP contribution in [-0.4, -0.2) is 17.0 Å². The Morgan fingerprint density at radius 3 is 2.54 bits per heavy atom. The number of thiazole rings is 1. The number of amides is 1. The van der Waals surface area contributed by atoms with E-state index in [9.17, 15) is 4.79 Å². The standard InChI is InChI=1S/C19H18N2O2S/c1-13-8-10-16(11-9-13)23-14(2)18(22)21-19-20-17(12-24-19)15-6-4-3-5-7-15/h3-12,14H,1-2H3,(H,20,21,22). The van der Waals surface area contributed by atoms with Gasteiger partial charge in [-0.1, -0.05) is 48.0 Å². The minimum atomic E-state index is -0.600. The van der Waals surface area contributed by atoms with Crippen molar-refractivity contribution in [3.8, 4) is 17.0 Å². The Morgan fingerprint density at radius 2 is 1.83 bits per heavy atom. The maximum absolute atomic E-state index is 12.3. The van der Waals surface area contributed by atoms with Crippen LogP contribution in [0.1, 0.15) is 12.5 Å². The maximum Gasteiger partial charge on any atom is 0.266 e. The minimum Gasteiger partial charge on any atom is -0.481 e. The summed E-state index contributed by atoms with van der Waals surface area (Å²) >= 11 is 1.40. The van der Waals surface area contributed by atoms with Crippen molar-refractivity contribution in [3.63, 3.8) is 0 Å². The molecule has 3 rings (SSSR count). The molecular formula is C19H18N2O2S. The lowest BCUT2D eigenvalue weighted by molar-refractivity contribution is -0.122. The van der Waals surface area contributed by atoms with Crippen molar-refractivity contribution in [2.24, 2.45) is 0 Å². The maximum atomic E-state index is 12.3. The molecule has 3 aromatic rings. The van der Waals surface area contributed by atoms with Crippen LogP contribution in [0.25, 0.3) is 11.3 Å². The summed E-state index contributed by atoms with van der Waals surface area (Å²) in [6.45, 7) is 3.73. The van der Waals surface area contributed by atoms with Gasteiger partial charge in [-0.25, -0.2) is 4.98 Å². The monoisotopic (exact) mass is 338 g/mol. The van der Waals surface area contributed by atoms with E-state index in [2.05, 4.69) is 10.3 Å². The van der Waals surface area contributed by atoms with E-state index in [0.29, 0.717) is 10.9 Å². The SMILES string of the molecule is Cc1ccc(OC(C)C(=O)Nc2nc(-c3ccccc3)cs2)cc1. The molecule has 0 aliphatic rings. The Balaban J connectivity index is 1.62.